The summed E-state index contributed by atoms with van der Waals surface area (Å²) in [7, 11) is 0. The zero-order valence-electron chi connectivity index (χ0n) is 16.9. The van der Waals surface area contributed by atoms with Gasteiger partial charge in [0, 0.05) is 11.4 Å². The molecule has 0 aliphatic carbocycles. The Morgan fingerprint density at radius 1 is 0.867 bits per heavy atom. The van der Waals surface area contributed by atoms with Crippen molar-refractivity contribution in [2.45, 2.75) is 31.4 Å². The molecule has 6 heteroatoms. The van der Waals surface area contributed by atoms with Crippen molar-refractivity contribution in [1.82, 2.24) is 14.8 Å². The van der Waals surface area contributed by atoms with E-state index in [-0.39, 0.29) is 5.82 Å². The molecule has 0 aliphatic rings. The molecule has 0 amide bonds. The molecule has 0 saturated carbocycles. The van der Waals surface area contributed by atoms with Crippen molar-refractivity contribution in [3.05, 3.63) is 101 Å². The van der Waals surface area contributed by atoms with Crippen LogP contribution in [0.4, 0.5) is 4.39 Å². The smallest absolute Gasteiger partial charge is 0.196 e. The molecule has 0 fully saturated rings. The minimum absolute atomic E-state index is 0.234. The number of nitrogens with zero attached hydrogens (tertiary/aromatic N) is 3. The monoisotopic (exact) mass is 419 g/mol. The molecule has 1 heterocycles. The number of aryl methyl sites for hydroxylation is 2. The number of benzene rings is 3. The maximum Gasteiger partial charge on any atom is 0.196 e. The maximum atomic E-state index is 13.2. The molecule has 0 saturated heterocycles. The minimum atomic E-state index is -0.234. The van der Waals surface area contributed by atoms with Gasteiger partial charge in [-0.05, 0) is 54.8 Å². The van der Waals surface area contributed by atoms with E-state index in [0.717, 1.165) is 39.1 Å². The third-order valence-corrected chi connectivity index (χ3v) is 5.75. The summed E-state index contributed by atoms with van der Waals surface area (Å²) in [6.07, 6.45) is 0. The second kappa shape index (κ2) is 9.13. The van der Waals surface area contributed by atoms with Gasteiger partial charge in [-0.15, -0.1) is 10.2 Å². The normalized spacial score (nSPS) is 10.9. The third kappa shape index (κ3) is 4.54. The first kappa shape index (κ1) is 20.2. The van der Waals surface area contributed by atoms with E-state index in [1.807, 2.05) is 66.9 Å². The lowest BCUT2D eigenvalue weighted by atomic mass is 10.1. The maximum absolute atomic E-state index is 13.2. The number of ether oxygens (including phenoxy) is 1. The SMILES string of the molecule is Cc1cccc(C)c1OCc1nnc(SCc2ccc(F)cc2)n1-c1ccccc1. The van der Waals surface area contributed by atoms with Crippen LogP contribution in [0.1, 0.15) is 22.5 Å². The summed E-state index contributed by atoms with van der Waals surface area (Å²) < 4.78 is 21.3. The predicted molar refractivity (Wildman–Crippen MR) is 118 cm³/mol. The summed E-state index contributed by atoms with van der Waals surface area (Å²) in [6, 6.07) is 22.6. The van der Waals surface area contributed by atoms with Crippen LogP contribution in [0.5, 0.6) is 5.75 Å². The van der Waals surface area contributed by atoms with Crippen molar-refractivity contribution in [1.29, 1.82) is 0 Å². The summed E-state index contributed by atoms with van der Waals surface area (Å²) in [4.78, 5) is 0. The van der Waals surface area contributed by atoms with Crippen molar-refractivity contribution in [3.8, 4) is 11.4 Å². The molecule has 4 rings (SSSR count). The van der Waals surface area contributed by atoms with Crippen LogP contribution in [0.3, 0.4) is 0 Å². The van der Waals surface area contributed by atoms with Crippen LogP contribution in [0.15, 0.2) is 78.0 Å². The highest BCUT2D eigenvalue weighted by atomic mass is 32.2. The van der Waals surface area contributed by atoms with Crippen LogP contribution in [0.25, 0.3) is 5.69 Å². The van der Waals surface area contributed by atoms with Gasteiger partial charge in [-0.2, -0.15) is 0 Å². The topological polar surface area (TPSA) is 39.9 Å². The molecule has 0 bridgehead atoms. The standard InChI is InChI=1S/C24H22FN3OS/c1-17-7-6-8-18(2)23(17)29-15-22-26-27-24(28(22)21-9-4-3-5-10-21)30-16-19-11-13-20(25)14-12-19/h3-14H,15-16H2,1-2H3. The third-order valence-electron chi connectivity index (χ3n) is 4.75. The van der Waals surface area contributed by atoms with Crippen LogP contribution in [0.2, 0.25) is 0 Å². The Hall–Kier alpha value is -3.12. The zero-order valence-corrected chi connectivity index (χ0v) is 17.7. The molecule has 152 valence electrons. The second-order valence-corrected chi connectivity index (χ2v) is 7.94. The van der Waals surface area contributed by atoms with Crippen LogP contribution >= 0.6 is 11.8 Å². The van der Waals surface area contributed by atoms with Crippen molar-refractivity contribution < 1.29 is 9.13 Å². The molecule has 0 unspecified atom stereocenters. The number of thioether (sulfide) groups is 1. The largest absolute Gasteiger partial charge is 0.485 e. The summed E-state index contributed by atoms with van der Waals surface area (Å²) in [5.74, 6) is 2.04. The molecule has 4 nitrogen and oxygen atoms in total. The van der Waals surface area contributed by atoms with Crippen molar-refractivity contribution in [2.75, 3.05) is 0 Å². The molecular weight excluding hydrogens is 397 g/mol. The minimum Gasteiger partial charge on any atom is -0.485 e. The Morgan fingerprint density at radius 2 is 1.57 bits per heavy atom. The summed E-state index contributed by atoms with van der Waals surface area (Å²) in [5.41, 5.74) is 4.18. The molecule has 0 spiro atoms. The Morgan fingerprint density at radius 3 is 2.27 bits per heavy atom. The predicted octanol–water partition coefficient (Wildman–Crippen LogP) is 5.89. The average Bonchev–Trinajstić information content (AvgIpc) is 3.16. The van der Waals surface area contributed by atoms with E-state index in [2.05, 4.69) is 10.2 Å². The fourth-order valence-electron chi connectivity index (χ4n) is 3.22. The Bertz CT molecular complexity index is 1110. The van der Waals surface area contributed by atoms with Gasteiger partial charge in [0.2, 0.25) is 0 Å². The van der Waals surface area contributed by atoms with Crippen molar-refractivity contribution in [2.24, 2.45) is 0 Å². The first-order valence-electron chi connectivity index (χ1n) is 9.68. The number of aromatic nitrogens is 3. The molecule has 0 N–H and O–H groups in total. The number of hydrogen-bond acceptors (Lipinski definition) is 4. The molecule has 0 radical (unpaired) electrons. The van der Waals surface area contributed by atoms with E-state index < -0.39 is 0 Å². The molecule has 30 heavy (non-hydrogen) atoms. The van der Waals surface area contributed by atoms with Gasteiger partial charge in [-0.3, -0.25) is 4.57 Å². The highest BCUT2D eigenvalue weighted by Crippen LogP contribution is 2.27. The van der Waals surface area contributed by atoms with Crippen molar-refractivity contribution in [3.63, 3.8) is 0 Å². The zero-order chi connectivity index (χ0) is 20.9. The van der Waals surface area contributed by atoms with Crippen LogP contribution < -0.4 is 4.74 Å². The highest BCUT2D eigenvalue weighted by Gasteiger charge is 2.16. The van der Waals surface area contributed by atoms with E-state index in [0.29, 0.717) is 12.4 Å². The van der Waals surface area contributed by atoms with Crippen LogP contribution in [-0.4, -0.2) is 14.8 Å². The van der Waals surface area contributed by atoms with Gasteiger partial charge in [0.05, 0.1) is 0 Å². The lowest BCUT2D eigenvalue weighted by molar-refractivity contribution is 0.289. The van der Waals surface area contributed by atoms with Crippen molar-refractivity contribution >= 4 is 11.8 Å². The summed E-state index contributed by atoms with van der Waals surface area (Å²) in [5, 5.41) is 9.57. The van der Waals surface area contributed by atoms with E-state index in [9.17, 15) is 4.39 Å². The van der Waals surface area contributed by atoms with E-state index in [4.69, 9.17) is 4.74 Å². The highest BCUT2D eigenvalue weighted by molar-refractivity contribution is 7.98. The van der Waals surface area contributed by atoms with Gasteiger partial charge in [0.1, 0.15) is 18.2 Å². The molecule has 4 aromatic rings. The van der Waals surface area contributed by atoms with Gasteiger partial charge in [0.25, 0.3) is 0 Å². The van der Waals surface area contributed by atoms with Gasteiger partial charge >= 0.3 is 0 Å². The molecule has 1 aromatic heterocycles. The number of halogens is 1. The fourth-order valence-corrected chi connectivity index (χ4v) is 4.14. The number of rotatable bonds is 7. The second-order valence-electron chi connectivity index (χ2n) is 6.99. The van der Waals surface area contributed by atoms with E-state index in [1.165, 1.54) is 12.1 Å². The summed E-state index contributed by atoms with van der Waals surface area (Å²) in [6.45, 7) is 4.38. The lowest BCUT2D eigenvalue weighted by Gasteiger charge is -2.13. The Labute approximate surface area is 179 Å². The molecule has 0 aliphatic heterocycles. The average molecular weight is 420 g/mol. The van der Waals surface area contributed by atoms with E-state index in [1.54, 1.807) is 23.9 Å². The summed E-state index contributed by atoms with van der Waals surface area (Å²) >= 11 is 1.56. The number of hydrogen-bond donors (Lipinski definition) is 0. The number of para-hydroxylation sites is 2. The Kier molecular flexibility index (Phi) is 6.14. The van der Waals surface area contributed by atoms with Crippen LogP contribution in [-0.2, 0) is 12.4 Å². The quantitative estimate of drug-likeness (QED) is 0.350. The van der Waals surface area contributed by atoms with Gasteiger partial charge < -0.3 is 4.74 Å². The first-order chi connectivity index (χ1) is 14.6. The van der Waals surface area contributed by atoms with Gasteiger partial charge in [0.15, 0.2) is 11.0 Å². The Balaban J connectivity index is 1.60. The molecule has 3 aromatic carbocycles. The molecule has 0 atom stereocenters. The van der Waals surface area contributed by atoms with E-state index >= 15 is 0 Å². The molecular formula is C24H22FN3OS. The fraction of sp³-hybridized carbons (Fsp3) is 0.167. The first-order valence-corrected chi connectivity index (χ1v) is 10.7. The van der Waals surface area contributed by atoms with Gasteiger partial charge in [-0.25, -0.2) is 4.39 Å². The lowest BCUT2D eigenvalue weighted by Crippen LogP contribution is -2.07. The van der Waals surface area contributed by atoms with Gasteiger partial charge in [-0.1, -0.05) is 60.3 Å². The van der Waals surface area contributed by atoms with Crippen LogP contribution in [0, 0.1) is 19.7 Å².